The predicted molar refractivity (Wildman–Crippen MR) is 163 cm³/mol. The van der Waals surface area contributed by atoms with Crippen LogP contribution in [0, 0.1) is 0 Å². The summed E-state index contributed by atoms with van der Waals surface area (Å²) in [6.45, 7) is 5.20. The lowest BCUT2D eigenvalue weighted by Gasteiger charge is -2.32. The van der Waals surface area contributed by atoms with Crippen molar-refractivity contribution in [2.75, 3.05) is 46.6 Å². The molecule has 10 nitrogen and oxygen atoms in total. The van der Waals surface area contributed by atoms with E-state index in [1.165, 1.54) is 11.9 Å². The number of rotatable bonds is 17. The van der Waals surface area contributed by atoms with E-state index in [0.717, 1.165) is 60.7 Å². The zero-order valence-electron chi connectivity index (χ0n) is 24.8. The predicted octanol–water partition coefficient (Wildman–Crippen LogP) is 4.45. The summed E-state index contributed by atoms with van der Waals surface area (Å²) < 4.78 is 29.6. The van der Waals surface area contributed by atoms with E-state index in [2.05, 4.69) is 51.1 Å². The topological polar surface area (TPSA) is 102 Å². The Morgan fingerprint density at radius 2 is 1.67 bits per heavy atom. The standard InChI is InChI=1S/C33H41N5O5/c1-39-31-9-4-3-8-28(31)24-40-19-6-20-41-29-13-11-26(12-14-29)30-15-17-34-23-33(30)43-22-21-42-32-10-5-2-7-27(32)16-18-38-36-25-35-37-38/h2-5,7-14,25,30,33-34H,6,15-24H2,1H3. The molecule has 0 aliphatic carbocycles. The minimum absolute atomic E-state index is 0.0816. The summed E-state index contributed by atoms with van der Waals surface area (Å²) in [6, 6.07) is 24.4. The number of ether oxygens (including phenoxy) is 5. The third-order valence-electron chi connectivity index (χ3n) is 7.50. The van der Waals surface area contributed by atoms with Gasteiger partial charge in [0, 0.05) is 24.4 Å². The van der Waals surface area contributed by atoms with Crippen LogP contribution >= 0.6 is 0 Å². The molecule has 0 spiro atoms. The molecular weight excluding hydrogens is 546 g/mol. The van der Waals surface area contributed by atoms with Crippen LogP contribution < -0.4 is 19.5 Å². The Labute approximate surface area is 253 Å². The summed E-state index contributed by atoms with van der Waals surface area (Å²) in [6.07, 6.45) is 4.12. The number of nitrogens with one attached hydrogen (secondary N) is 1. The SMILES string of the molecule is COc1ccccc1COCCCOc1ccc(C2CCNCC2OCCOc2ccccc2CCn2ncnn2)cc1. The molecule has 0 radical (unpaired) electrons. The monoisotopic (exact) mass is 587 g/mol. The molecule has 1 aliphatic heterocycles. The average molecular weight is 588 g/mol. The molecule has 4 aromatic rings. The molecule has 2 heterocycles. The van der Waals surface area contributed by atoms with Gasteiger partial charge >= 0.3 is 0 Å². The first-order valence-corrected chi connectivity index (χ1v) is 15.0. The maximum absolute atomic E-state index is 6.34. The summed E-state index contributed by atoms with van der Waals surface area (Å²) in [4.78, 5) is 1.58. The largest absolute Gasteiger partial charge is 0.496 e. The number of benzene rings is 3. The minimum Gasteiger partial charge on any atom is -0.496 e. The van der Waals surface area contributed by atoms with Crippen LogP contribution in [0.25, 0.3) is 0 Å². The molecule has 1 fully saturated rings. The van der Waals surface area contributed by atoms with Gasteiger partial charge in [-0.1, -0.05) is 48.5 Å². The Kier molecular flexibility index (Phi) is 11.8. The summed E-state index contributed by atoms with van der Waals surface area (Å²) in [7, 11) is 1.68. The number of hydrogen-bond acceptors (Lipinski definition) is 9. The number of para-hydroxylation sites is 2. The van der Waals surface area contributed by atoms with Crippen molar-refractivity contribution in [1.82, 2.24) is 25.5 Å². The van der Waals surface area contributed by atoms with Crippen molar-refractivity contribution in [3.8, 4) is 17.2 Å². The summed E-state index contributed by atoms with van der Waals surface area (Å²) in [5, 5.41) is 15.2. The van der Waals surface area contributed by atoms with Gasteiger partial charge in [0.15, 0.2) is 6.33 Å². The van der Waals surface area contributed by atoms with Gasteiger partial charge in [-0.05, 0) is 60.0 Å². The average Bonchev–Trinajstić information content (AvgIpc) is 3.59. The van der Waals surface area contributed by atoms with E-state index in [-0.39, 0.29) is 6.10 Å². The van der Waals surface area contributed by atoms with Crippen molar-refractivity contribution in [3.05, 3.63) is 95.8 Å². The molecule has 2 unspecified atom stereocenters. The van der Waals surface area contributed by atoms with Gasteiger partial charge in [0.1, 0.15) is 23.9 Å². The van der Waals surface area contributed by atoms with Gasteiger partial charge in [-0.15, -0.1) is 10.2 Å². The second-order valence-corrected chi connectivity index (χ2v) is 10.4. The number of piperidine rings is 1. The summed E-state index contributed by atoms with van der Waals surface area (Å²) >= 11 is 0. The van der Waals surface area contributed by atoms with Gasteiger partial charge < -0.3 is 29.0 Å². The molecule has 5 rings (SSSR count). The summed E-state index contributed by atoms with van der Waals surface area (Å²) in [5.41, 5.74) is 3.43. The Bertz CT molecular complexity index is 1350. The molecule has 228 valence electrons. The maximum Gasteiger partial charge on any atom is 0.162 e. The van der Waals surface area contributed by atoms with Crippen molar-refractivity contribution in [3.63, 3.8) is 0 Å². The first-order chi connectivity index (χ1) is 21.3. The fraction of sp³-hybridized carbons (Fsp3) is 0.424. The van der Waals surface area contributed by atoms with E-state index >= 15 is 0 Å². The number of methoxy groups -OCH3 is 1. The molecule has 3 aromatic carbocycles. The van der Waals surface area contributed by atoms with Crippen LogP contribution in [-0.4, -0.2) is 72.9 Å². The molecule has 0 bridgehead atoms. The van der Waals surface area contributed by atoms with Gasteiger partial charge in [-0.3, -0.25) is 0 Å². The number of hydrogen-bond donors (Lipinski definition) is 1. The fourth-order valence-electron chi connectivity index (χ4n) is 5.27. The molecule has 0 saturated carbocycles. The van der Waals surface area contributed by atoms with Crippen molar-refractivity contribution in [1.29, 1.82) is 0 Å². The van der Waals surface area contributed by atoms with Crippen LogP contribution in [0.5, 0.6) is 17.2 Å². The van der Waals surface area contributed by atoms with Crippen LogP contribution in [-0.2, 0) is 29.0 Å². The molecule has 1 saturated heterocycles. The van der Waals surface area contributed by atoms with E-state index < -0.39 is 0 Å². The second-order valence-electron chi connectivity index (χ2n) is 10.4. The highest BCUT2D eigenvalue weighted by molar-refractivity contribution is 5.34. The Balaban J connectivity index is 1.02. The van der Waals surface area contributed by atoms with Crippen LogP contribution in [0.2, 0.25) is 0 Å². The lowest BCUT2D eigenvalue weighted by atomic mass is 9.88. The zero-order chi connectivity index (χ0) is 29.5. The van der Waals surface area contributed by atoms with E-state index in [4.69, 9.17) is 23.7 Å². The van der Waals surface area contributed by atoms with E-state index in [0.29, 0.717) is 45.5 Å². The van der Waals surface area contributed by atoms with Crippen LogP contribution in [0.4, 0.5) is 0 Å². The smallest absolute Gasteiger partial charge is 0.162 e. The van der Waals surface area contributed by atoms with Crippen molar-refractivity contribution in [2.45, 2.75) is 44.4 Å². The fourth-order valence-corrected chi connectivity index (χ4v) is 5.27. The van der Waals surface area contributed by atoms with Gasteiger partial charge in [0.25, 0.3) is 0 Å². The Morgan fingerprint density at radius 3 is 2.49 bits per heavy atom. The lowest BCUT2D eigenvalue weighted by Crippen LogP contribution is -2.41. The van der Waals surface area contributed by atoms with Crippen LogP contribution in [0.1, 0.15) is 35.4 Å². The van der Waals surface area contributed by atoms with Gasteiger partial charge in [0.2, 0.25) is 0 Å². The van der Waals surface area contributed by atoms with E-state index in [9.17, 15) is 0 Å². The van der Waals surface area contributed by atoms with Gasteiger partial charge in [-0.2, -0.15) is 4.80 Å². The first-order valence-electron chi connectivity index (χ1n) is 15.0. The van der Waals surface area contributed by atoms with Crippen molar-refractivity contribution >= 4 is 0 Å². The van der Waals surface area contributed by atoms with Crippen molar-refractivity contribution in [2.24, 2.45) is 0 Å². The quantitative estimate of drug-likeness (QED) is 0.180. The normalized spacial score (nSPS) is 16.6. The minimum atomic E-state index is 0.0816. The summed E-state index contributed by atoms with van der Waals surface area (Å²) in [5.74, 6) is 2.90. The lowest BCUT2D eigenvalue weighted by molar-refractivity contribution is 0.00720. The third-order valence-corrected chi connectivity index (χ3v) is 7.50. The number of nitrogens with zero attached hydrogens (tertiary/aromatic N) is 4. The van der Waals surface area contributed by atoms with Gasteiger partial charge in [-0.25, -0.2) is 0 Å². The molecule has 0 amide bonds. The van der Waals surface area contributed by atoms with Crippen LogP contribution in [0.15, 0.2) is 79.1 Å². The molecule has 1 aliphatic rings. The molecule has 10 heteroatoms. The van der Waals surface area contributed by atoms with Gasteiger partial charge in [0.05, 0.1) is 46.2 Å². The highest BCUT2D eigenvalue weighted by Gasteiger charge is 2.27. The number of aromatic nitrogens is 4. The van der Waals surface area contributed by atoms with E-state index in [1.807, 2.05) is 42.5 Å². The van der Waals surface area contributed by atoms with E-state index in [1.54, 1.807) is 11.9 Å². The highest BCUT2D eigenvalue weighted by Crippen LogP contribution is 2.29. The molecule has 43 heavy (non-hydrogen) atoms. The molecule has 1 N–H and O–H groups in total. The first kappa shape index (κ1) is 30.5. The highest BCUT2D eigenvalue weighted by atomic mass is 16.5. The Morgan fingerprint density at radius 1 is 0.860 bits per heavy atom. The third kappa shape index (κ3) is 9.25. The van der Waals surface area contributed by atoms with Crippen LogP contribution in [0.3, 0.4) is 0 Å². The number of tetrazole rings is 1. The molecular formula is C33H41N5O5. The zero-order valence-corrected chi connectivity index (χ0v) is 24.8. The molecule has 1 aromatic heterocycles. The number of aryl methyl sites for hydroxylation is 2. The Hall–Kier alpha value is -3.99. The molecule has 2 atom stereocenters. The second kappa shape index (κ2) is 16.6. The van der Waals surface area contributed by atoms with Crippen molar-refractivity contribution < 1.29 is 23.7 Å². The maximum atomic E-state index is 6.34.